The maximum absolute atomic E-state index is 13.9. The van der Waals surface area contributed by atoms with Gasteiger partial charge in [-0.15, -0.1) is 0 Å². The summed E-state index contributed by atoms with van der Waals surface area (Å²) in [5.74, 6) is 0.926. The number of thioether (sulfide) groups is 2. The maximum atomic E-state index is 13.9. The zero-order chi connectivity index (χ0) is 22.9. The van der Waals surface area contributed by atoms with Crippen molar-refractivity contribution < 1.29 is 9.53 Å². The first-order valence-corrected chi connectivity index (χ1v) is 13.3. The fourth-order valence-electron chi connectivity index (χ4n) is 4.72. The highest BCUT2D eigenvalue weighted by molar-refractivity contribution is 8.19. The second-order valence-corrected chi connectivity index (χ2v) is 10.6. The summed E-state index contributed by atoms with van der Waals surface area (Å²) in [7, 11) is 1.69. The molecule has 2 fully saturated rings. The first-order valence-electron chi connectivity index (χ1n) is 11.6. The number of aliphatic imine (C=N–C) groups is 1. The quantitative estimate of drug-likeness (QED) is 0.457. The van der Waals surface area contributed by atoms with Crippen molar-refractivity contribution in [2.24, 2.45) is 4.99 Å². The second kappa shape index (κ2) is 9.47. The van der Waals surface area contributed by atoms with E-state index < -0.39 is 0 Å². The smallest absolute Gasteiger partial charge is 0.269 e. The summed E-state index contributed by atoms with van der Waals surface area (Å²) in [6.45, 7) is 4.98. The molecule has 0 aromatic heterocycles. The lowest BCUT2D eigenvalue weighted by Crippen LogP contribution is -2.40. The van der Waals surface area contributed by atoms with Crippen LogP contribution in [0, 0.1) is 6.92 Å². The summed E-state index contributed by atoms with van der Waals surface area (Å²) in [6, 6.07) is 14.5. The van der Waals surface area contributed by atoms with Gasteiger partial charge in [0.2, 0.25) is 0 Å². The average Bonchev–Trinajstić information content (AvgIpc) is 3.37. The normalized spacial score (nSPS) is 22.4. The summed E-state index contributed by atoms with van der Waals surface area (Å²) in [5, 5.41) is 1.82. The summed E-state index contributed by atoms with van der Waals surface area (Å²) in [4.78, 5) is 25.1. The number of fused-ring (bicyclic) bond motifs is 1. The van der Waals surface area contributed by atoms with E-state index in [0.717, 1.165) is 62.1 Å². The standard InChI is InChI=1S/C26H29N3O2S2/c1-4-28-21-16-19(31-3)14-15-22(21)32-25(28)23-24(30)29(18-11-6-5-7-12-18)26(33-23)27-20-13-9-8-10-17(20)2/h8-10,13-16,18H,4-7,11-12H2,1-3H3/b25-23-,27-26?. The molecule has 0 atom stereocenters. The minimum atomic E-state index is 0.0972. The molecule has 172 valence electrons. The number of hydrogen-bond donors (Lipinski definition) is 0. The predicted molar refractivity (Wildman–Crippen MR) is 138 cm³/mol. The number of carbonyl (C=O) groups excluding carboxylic acids is 1. The molecule has 0 unspecified atom stereocenters. The molecule has 3 aliphatic rings. The molecule has 1 saturated carbocycles. The Hall–Kier alpha value is -2.38. The zero-order valence-corrected chi connectivity index (χ0v) is 21.0. The number of hydrogen-bond acceptors (Lipinski definition) is 6. The van der Waals surface area contributed by atoms with Gasteiger partial charge < -0.3 is 9.64 Å². The molecular formula is C26H29N3O2S2. The van der Waals surface area contributed by atoms with Crippen LogP contribution in [0.5, 0.6) is 5.75 Å². The van der Waals surface area contributed by atoms with Crippen molar-refractivity contribution in [3.63, 3.8) is 0 Å². The maximum Gasteiger partial charge on any atom is 0.269 e. The molecule has 1 aliphatic carbocycles. The Labute approximate surface area is 204 Å². The van der Waals surface area contributed by atoms with Crippen LogP contribution in [-0.2, 0) is 4.79 Å². The van der Waals surface area contributed by atoms with Crippen molar-refractivity contribution in [1.29, 1.82) is 0 Å². The number of para-hydroxylation sites is 1. The lowest BCUT2D eigenvalue weighted by Gasteiger charge is -2.30. The number of ether oxygens (including phenoxy) is 1. The average molecular weight is 480 g/mol. The van der Waals surface area contributed by atoms with Gasteiger partial charge in [0.1, 0.15) is 15.7 Å². The lowest BCUT2D eigenvalue weighted by molar-refractivity contribution is -0.124. The second-order valence-electron chi connectivity index (χ2n) is 8.56. The topological polar surface area (TPSA) is 45.1 Å². The van der Waals surface area contributed by atoms with E-state index in [1.165, 1.54) is 31.0 Å². The summed E-state index contributed by atoms with van der Waals surface area (Å²) >= 11 is 3.21. The lowest BCUT2D eigenvalue weighted by atomic mass is 9.94. The zero-order valence-electron chi connectivity index (χ0n) is 19.3. The Kier molecular flexibility index (Phi) is 6.43. The fraction of sp³-hybridized carbons (Fsp3) is 0.385. The highest BCUT2D eigenvalue weighted by atomic mass is 32.2. The van der Waals surface area contributed by atoms with Crippen molar-refractivity contribution >= 4 is 46.0 Å². The molecule has 2 aromatic carbocycles. The molecule has 7 heteroatoms. The van der Waals surface area contributed by atoms with Crippen LogP contribution in [0.3, 0.4) is 0 Å². The van der Waals surface area contributed by atoms with E-state index in [1.807, 2.05) is 29.2 Å². The van der Waals surface area contributed by atoms with Crippen molar-refractivity contribution in [2.75, 3.05) is 18.6 Å². The van der Waals surface area contributed by atoms with E-state index in [2.05, 4.69) is 36.9 Å². The SMILES string of the molecule is CCN1/C(=C2/SC(=Nc3ccccc3C)N(C3CCCCC3)C2=O)Sc2ccc(OC)cc21. The van der Waals surface area contributed by atoms with Crippen molar-refractivity contribution in [2.45, 2.75) is 56.9 Å². The number of rotatable bonds is 4. The number of aryl methyl sites for hydroxylation is 1. The van der Waals surface area contributed by atoms with E-state index in [-0.39, 0.29) is 11.9 Å². The molecule has 0 bridgehead atoms. The number of benzene rings is 2. The Morgan fingerprint density at radius 1 is 1.09 bits per heavy atom. The molecule has 2 heterocycles. The van der Waals surface area contributed by atoms with Gasteiger partial charge >= 0.3 is 0 Å². The predicted octanol–water partition coefficient (Wildman–Crippen LogP) is 6.70. The van der Waals surface area contributed by atoms with Crippen LogP contribution < -0.4 is 9.64 Å². The summed E-state index contributed by atoms with van der Waals surface area (Å²) in [6.07, 6.45) is 5.68. The largest absolute Gasteiger partial charge is 0.497 e. The van der Waals surface area contributed by atoms with Crippen LogP contribution in [-0.4, -0.2) is 35.7 Å². The highest BCUT2D eigenvalue weighted by Gasteiger charge is 2.43. The van der Waals surface area contributed by atoms with Gasteiger partial charge in [-0.2, -0.15) is 0 Å². The number of amides is 1. The minimum Gasteiger partial charge on any atom is -0.497 e. The van der Waals surface area contributed by atoms with Crippen molar-refractivity contribution in [3.05, 3.63) is 58.0 Å². The molecular weight excluding hydrogens is 450 g/mol. The van der Waals surface area contributed by atoms with E-state index in [0.29, 0.717) is 0 Å². The fourth-order valence-corrected chi connectivity index (χ4v) is 7.14. The summed E-state index contributed by atoms with van der Waals surface area (Å²) in [5.41, 5.74) is 3.15. The monoisotopic (exact) mass is 479 g/mol. The number of amidine groups is 1. The molecule has 1 amide bonds. The Bertz CT molecular complexity index is 1140. The van der Waals surface area contributed by atoms with E-state index in [4.69, 9.17) is 9.73 Å². The number of anilines is 1. The van der Waals surface area contributed by atoms with Crippen LogP contribution in [0.4, 0.5) is 11.4 Å². The summed E-state index contributed by atoms with van der Waals surface area (Å²) < 4.78 is 5.45. The van der Waals surface area contributed by atoms with E-state index >= 15 is 0 Å². The highest BCUT2D eigenvalue weighted by Crippen LogP contribution is 2.52. The molecule has 0 N–H and O–H groups in total. The van der Waals surface area contributed by atoms with Gasteiger partial charge in [-0.25, -0.2) is 4.99 Å². The third-order valence-corrected chi connectivity index (χ3v) is 8.86. The number of methoxy groups -OCH3 is 1. The molecule has 0 radical (unpaired) electrons. The number of nitrogens with zero attached hydrogens (tertiary/aromatic N) is 3. The third-order valence-electron chi connectivity index (χ3n) is 6.50. The van der Waals surface area contributed by atoms with Gasteiger partial charge in [-0.3, -0.25) is 9.69 Å². The van der Waals surface area contributed by atoms with Crippen LogP contribution in [0.1, 0.15) is 44.6 Å². The van der Waals surface area contributed by atoms with E-state index in [9.17, 15) is 4.79 Å². The Balaban J connectivity index is 1.58. The Morgan fingerprint density at radius 3 is 2.61 bits per heavy atom. The Morgan fingerprint density at radius 2 is 1.88 bits per heavy atom. The van der Waals surface area contributed by atoms with Gasteiger partial charge in [-0.05, 0) is 62.2 Å². The van der Waals surface area contributed by atoms with Gasteiger partial charge in [0, 0.05) is 23.5 Å². The van der Waals surface area contributed by atoms with Gasteiger partial charge in [0.05, 0.1) is 18.5 Å². The van der Waals surface area contributed by atoms with Crippen LogP contribution in [0.2, 0.25) is 0 Å². The van der Waals surface area contributed by atoms with Crippen LogP contribution >= 0.6 is 23.5 Å². The molecule has 2 aromatic rings. The van der Waals surface area contributed by atoms with E-state index in [1.54, 1.807) is 18.9 Å². The molecule has 5 rings (SSSR count). The molecule has 0 spiro atoms. The van der Waals surface area contributed by atoms with Gasteiger partial charge in [-0.1, -0.05) is 49.2 Å². The van der Waals surface area contributed by atoms with Crippen molar-refractivity contribution in [1.82, 2.24) is 4.90 Å². The molecule has 33 heavy (non-hydrogen) atoms. The van der Waals surface area contributed by atoms with Crippen LogP contribution in [0.15, 0.2) is 62.3 Å². The minimum absolute atomic E-state index is 0.0972. The molecule has 2 aliphatic heterocycles. The third kappa shape index (κ3) is 4.17. The van der Waals surface area contributed by atoms with Crippen LogP contribution in [0.25, 0.3) is 0 Å². The molecule has 5 nitrogen and oxygen atoms in total. The first-order chi connectivity index (χ1) is 16.1. The number of carbonyl (C=O) groups is 1. The van der Waals surface area contributed by atoms with Gasteiger partial charge in [0.15, 0.2) is 5.17 Å². The first kappa shape index (κ1) is 22.4. The van der Waals surface area contributed by atoms with Crippen molar-refractivity contribution in [3.8, 4) is 5.75 Å². The molecule has 1 saturated heterocycles. The van der Waals surface area contributed by atoms with Gasteiger partial charge in [0.25, 0.3) is 5.91 Å².